The first-order valence-electron chi connectivity index (χ1n) is 3.86. The lowest BCUT2D eigenvalue weighted by molar-refractivity contribution is -0.385. The van der Waals surface area contributed by atoms with Crippen LogP contribution in [-0.4, -0.2) is 10.2 Å². The third kappa shape index (κ3) is 2.11. The van der Waals surface area contributed by atoms with Crippen LogP contribution < -0.4 is 0 Å². The number of carbonyl (C=O) groups excluding carboxylic acids is 1. The SMILES string of the molecule is Cc1cc(C(=O)Cl)c(C#N)cc1[N+](=O)[O-]. The largest absolute Gasteiger partial charge is 0.276 e. The van der Waals surface area contributed by atoms with Crippen LogP contribution in [0, 0.1) is 28.4 Å². The van der Waals surface area contributed by atoms with Crippen molar-refractivity contribution in [2.75, 3.05) is 0 Å². The second-order valence-corrected chi connectivity index (χ2v) is 3.17. The fourth-order valence-electron chi connectivity index (χ4n) is 1.15. The highest BCUT2D eigenvalue weighted by Crippen LogP contribution is 2.23. The summed E-state index contributed by atoms with van der Waals surface area (Å²) in [6.07, 6.45) is 0. The van der Waals surface area contributed by atoms with Crippen molar-refractivity contribution in [3.05, 3.63) is 38.9 Å². The molecular weight excluding hydrogens is 220 g/mol. The molecule has 1 aromatic rings. The topological polar surface area (TPSA) is 84.0 Å². The van der Waals surface area contributed by atoms with Crippen LogP contribution in [0.2, 0.25) is 0 Å². The number of aryl methyl sites for hydroxylation is 1. The van der Waals surface area contributed by atoms with Gasteiger partial charge in [-0.3, -0.25) is 14.9 Å². The zero-order valence-corrected chi connectivity index (χ0v) is 8.41. The Labute approximate surface area is 90.0 Å². The van der Waals surface area contributed by atoms with Crippen molar-refractivity contribution in [1.82, 2.24) is 0 Å². The Morgan fingerprint density at radius 3 is 2.60 bits per heavy atom. The minimum absolute atomic E-state index is 0.0118. The molecule has 0 bridgehead atoms. The summed E-state index contributed by atoms with van der Waals surface area (Å²) >= 11 is 5.23. The zero-order chi connectivity index (χ0) is 11.6. The van der Waals surface area contributed by atoms with E-state index in [1.807, 2.05) is 0 Å². The van der Waals surface area contributed by atoms with E-state index >= 15 is 0 Å². The number of nitrogens with zero attached hydrogens (tertiary/aromatic N) is 2. The maximum atomic E-state index is 10.9. The fourth-order valence-corrected chi connectivity index (χ4v) is 1.30. The molecule has 0 atom stereocenters. The number of nitro benzene ring substituents is 1. The predicted octanol–water partition coefficient (Wildman–Crippen LogP) is 2.15. The lowest BCUT2D eigenvalue weighted by atomic mass is 10.0. The van der Waals surface area contributed by atoms with Gasteiger partial charge in [-0.2, -0.15) is 5.26 Å². The average molecular weight is 225 g/mol. The summed E-state index contributed by atoms with van der Waals surface area (Å²) in [6, 6.07) is 3.98. The Kier molecular flexibility index (Phi) is 3.02. The molecule has 0 fully saturated rings. The number of carbonyl (C=O) groups is 1. The highest BCUT2D eigenvalue weighted by atomic mass is 35.5. The van der Waals surface area contributed by atoms with Crippen LogP contribution in [0.15, 0.2) is 12.1 Å². The van der Waals surface area contributed by atoms with E-state index in [1.165, 1.54) is 13.0 Å². The first kappa shape index (κ1) is 11.1. The minimum atomic E-state index is -0.801. The maximum Gasteiger partial charge on any atom is 0.273 e. The third-order valence-corrected chi connectivity index (χ3v) is 2.07. The van der Waals surface area contributed by atoms with E-state index < -0.39 is 10.2 Å². The number of nitriles is 1. The van der Waals surface area contributed by atoms with Crippen LogP contribution in [0.1, 0.15) is 21.5 Å². The van der Waals surface area contributed by atoms with E-state index in [9.17, 15) is 14.9 Å². The van der Waals surface area contributed by atoms with Crippen molar-refractivity contribution in [3.63, 3.8) is 0 Å². The van der Waals surface area contributed by atoms with Crippen LogP contribution in [0.25, 0.3) is 0 Å². The molecule has 0 aliphatic rings. The average Bonchev–Trinajstić information content (AvgIpc) is 2.16. The predicted molar refractivity (Wildman–Crippen MR) is 52.7 cm³/mol. The molecule has 0 amide bonds. The summed E-state index contributed by atoms with van der Waals surface area (Å²) in [5.41, 5.74) is -0.00853. The molecule has 0 saturated heterocycles. The van der Waals surface area contributed by atoms with Gasteiger partial charge in [-0.05, 0) is 24.6 Å². The molecule has 0 aliphatic heterocycles. The molecule has 0 radical (unpaired) electrons. The van der Waals surface area contributed by atoms with Gasteiger partial charge in [0.15, 0.2) is 0 Å². The van der Waals surface area contributed by atoms with Gasteiger partial charge in [0, 0.05) is 11.6 Å². The molecule has 0 saturated carbocycles. The van der Waals surface area contributed by atoms with Crippen LogP contribution in [0.5, 0.6) is 0 Å². The number of nitro groups is 1. The summed E-state index contributed by atoms with van der Waals surface area (Å²) in [5, 5.41) is 18.4. The standard InChI is InChI=1S/C9H5ClN2O3/c1-5-2-7(9(10)13)6(4-11)3-8(5)12(14)15/h2-3H,1H3. The number of hydrogen-bond donors (Lipinski definition) is 0. The van der Waals surface area contributed by atoms with Crippen LogP contribution in [0.4, 0.5) is 5.69 Å². The normalized spacial score (nSPS) is 9.40. The lowest BCUT2D eigenvalue weighted by Gasteiger charge is -2.01. The van der Waals surface area contributed by atoms with Crippen LogP contribution in [0.3, 0.4) is 0 Å². The van der Waals surface area contributed by atoms with Crippen molar-refractivity contribution in [2.24, 2.45) is 0 Å². The number of benzene rings is 1. The molecule has 15 heavy (non-hydrogen) atoms. The third-order valence-electron chi connectivity index (χ3n) is 1.86. The van der Waals surface area contributed by atoms with Crippen molar-refractivity contribution in [3.8, 4) is 6.07 Å². The second kappa shape index (κ2) is 4.07. The summed E-state index contributed by atoms with van der Waals surface area (Å²) in [5.74, 6) is 0. The van der Waals surface area contributed by atoms with Crippen molar-refractivity contribution < 1.29 is 9.72 Å². The second-order valence-electron chi connectivity index (χ2n) is 2.83. The van der Waals surface area contributed by atoms with Crippen molar-refractivity contribution >= 4 is 22.5 Å². The highest BCUT2D eigenvalue weighted by molar-refractivity contribution is 6.68. The molecule has 0 spiro atoms. The zero-order valence-electron chi connectivity index (χ0n) is 7.65. The number of hydrogen-bond acceptors (Lipinski definition) is 4. The van der Waals surface area contributed by atoms with E-state index in [0.717, 1.165) is 6.07 Å². The smallest absolute Gasteiger partial charge is 0.273 e. The van der Waals surface area contributed by atoms with E-state index in [4.69, 9.17) is 16.9 Å². The van der Waals surface area contributed by atoms with Gasteiger partial charge in [-0.15, -0.1) is 0 Å². The Morgan fingerprint density at radius 2 is 2.20 bits per heavy atom. The summed E-state index contributed by atoms with van der Waals surface area (Å²) in [6.45, 7) is 1.47. The van der Waals surface area contributed by atoms with Gasteiger partial charge in [-0.25, -0.2) is 0 Å². The molecule has 76 valence electrons. The molecular formula is C9H5ClN2O3. The van der Waals surface area contributed by atoms with E-state index in [1.54, 1.807) is 6.07 Å². The highest BCUT2D eigenvalue weighted by Gasteiger charge is 2.17. The maximum absolute atomic E-state index is 10.9. The van der Waals surface area contributed by atoms with Gasteiger partial charge in [0.1, 0.15) is 6.07 Å². The van der Waals surface area contributed by atoms with Crippen molar-refractivity contribution in [2.45, 2.75) is 6.92 Å². The van der Waals surface area contributed by atoms with E-state index in [-0.39, 0.29) is 16.8 Å². The molecule has 1 rings (SSSR count). The molecule has 0 N–H and O–H groups in total. The first-order chi connectivity index (χ1) is 6.97. The Balaban J connectivity index is 3.51. The van der Waals surface area contributed by atoms with Gasteiger partial charge < -0.3 is 0 Å². The molecule has 0 heterocycles. The first-order valence-corrected chi connectivity index (χ1v) is 4.24. The van der Waals surface area contributed by atoms with Crippen molar-refractivity contribution in [1.29, 1.82) is 5.26 Å². The number of rotatable bonds is 2. The Hall–Kier alpha value is -1.93. The van der Waals surface area contributed by atoms with Crippen LogP contribution in [-0.2, 0) is 0 Å². The summed E-state index contributed by atoms with van der Waals surface area (Å²) < 4.78 is 0. The van der Waals surface area contributed by atoms with E-state index in [0.29, 0.717) is 5.56 Å². The molecule has 5 nitrogen and oxygen atoms in total. The fraction of sp³-hybridized carbons (Fsp3) is 0.111. The number of halogens is 1. The monoisotopic (exact) mass is 224 g/mol. The van der Waals surface area contributed by atoms with Gasteiger partial charge in [-0.1, -0.05) is 0 Å². The van der Waals surface area contributed by atoms with Gasteiger partial charge in [0.05, 0.1) is 16.1 Å². The van der Waals surface area contributed by atoms with Crippen LogP contribution >= 0.6 is 11.6 Å². The molecule has 0 aromatic heterocycles. The van der Waals surface area contributed by atoms with Gasteiger partial charge in [0.25, 0.3) is 10.9 Å². The molecule has 0 aliphatic carbocycles. The summed E-state index contributed by atoms with van der Waals surface area (Å²) in [7, 11) is 0. The molecule has 6 heteroatoms. The molecule has 1 aromatic carbocycles. The Morgan fingerprint density at radius 1 is 1.60 bits per heavy atom. The summed E-state index contributed by atoms with van der Waals surface area (Å²) in [4.78, 5) is 20.8. The molecule has 0 unspecified atom stereocenters. The van der Waals surface area contributed by atoms with E-state index in [2.05, 4.69) is 0 Å². The van der Waals surface area contributed by atoms with Gasteiger partial charge in [0.2, 0.25) is 0 Å². The Bertz CT molecular complexity index is 491. The quantitative estimate of drug-likeness (QED) is 0.438. The lowest BCUT2D eigenvalue weighted by Crippen LogP contribution is -1.99. The van der Waals surface area contributed by atoms with Gasteiger partial charge >= 0.3 is 0 Å². The minimum Gasteiger partial charge on any atom is -0.276 e.